The summed E-state index contributed by atoms with van der Waals surface area (Å²) in [5, 5.41) is 6.75. The Kier molecular flexibility index (Phi) is 11.1. The van der Waals surface area contributed by atoms with Crippen LogP contribution in [-0.2, 0) is 0 Å². The molecule has 4 heterocycles. The van der Waals surface area contributed by atoms with Gasteiger partial charge in [0.05, 0.1) is 33.8 Å². The Hall–Kier alpha value is -10.3. The number of hydrogen-bond donors (Lipinski definition) is 0. The average Bonchev–Trinajstić information content (AvgIpc) is 3.52. The van der Waals surface area contributed by atoms with Gasteiger partial charge in [-0.15, -0.1) is 0 Å². The van der Waals surface area contributed by atoms with E-state index in [1.165, 1.54) is 0 Å². The maximum Gasteiger partial charge on any atom is 0.161 e. The molecule has 354 valence electrons. The van der Waals surface area contributed by atoms with Gasteiger partial charge < -0.3 is 0 Å². The topological polar surface area (TPSA) is 77.3 Å². The van der Waals surface area contributed by atoms with Crippen molar-refractivity contribution in [3.8, 4) is 101 Å². The number of hydrogen-bond acceptors (Lipinski definition) is 6. The summed E-state index contributed by atoms with van der Waals surface area (Å²) < 4.78 is 0. The van der Waals surface area contributed by atoms with Gasteiger partial charge in [0.15, 0.2) is 11.6 Å². The molecule has 0 saturated carbocycles. The summed E-state index contributed by atoms with van der Waals surface area (Å²) in [6.07, 6.45) is 3.66. The second-order valence-corrected chi connectivity index (χ2v) is 19.1. The minimum Gasteiger partial charge on any atom is -0.256 e. The van der Waals surface area contributed by atoms with Crippen molar-refractivity contribution in [2.24, 2.45) is 0 Å². The quantitative estimate of drug-likeness (QED) is 0.143. The van der Waals surface area contributed by atoms with E-state index in [1.54, 1.807) is 0 Å². The van der Waals surface area contributed by atoms with Gasteiger partial charge in [0.2, 0.25) is 0 Å². The van der Waals surface area contributed by atoms with Crippen LogP contribution >= 0.6 is 0 Å². The van der Waals surface area contributed by atoms with E-state index in [-0.39, 0.29) is 0 Å². The first-order valence-corrected chi connectivity index (χ1v) is 25.5. The van der Waals surface area contributed by atoms with E-state index in [9.17, 15) is 0 Å². The fourth-order valence-corrected chi connectivity index (χ4v) is 10.4. The maximum atomic E-state index is 5.26. The van der Waals surface area contributed by atoms with Crippen LogP contribution in [0.15, 0.2) is 267 Å². The predicted molar refractivity (Wildman–Crippen MR) is 312 cm³/mol. The SMILES string of the molecule is c1cnc2ccc(-c3ccc(-c4cc(-c5ccc(-c6ccc(-c7cc(-c8ccc(-c9ccc%10ncccc%10c9)cc8)nc(-c8cccc9ccccc89)n7)cc6)cc5)nc(-c5cccc6ccccc56)n4)cc3)cc2c1. The lowest BCUT2D eigenvalue weighted by molar-refractivity contribution is 1.19. The monoisotopic (exact) mass is 968 g/mol. The summed E-state index contributed by atoms with van der Waals surface area (Å²) >= 11 is 0. The first-order valence-electron chi connectivity index (χ1n) is 25.5. The molecule has 0 saturated heterocycles. The second-order valence-electron chi connectivity index (χ2n) is 19.1. The molecule has 6 nitrogen and oxygen atoms in total. The van der Waals surface area contributed by atoms with Crippen molar-refractivity contribution in [2.45, 2.75) is 0 Å². The molecule has 0 atom stereocenters. The highest BCUT2D eigenvalue weighted by Crippen LogP contribution is 2.36. The normalized spacial score (nSPS) is 11.4. The lowest BCUT2D eigenvalue weighted by atomic mass is 9.98. The fraction of sp³-hybridized carbons (Fsp3) is 0. The molecule has 76 heavy (non-hydrogen) atoms. The van der Waals surface area contributed by atoms with Crippen molar-refractivity contribution < 1.29 is 0 Å². The van der Waals surface area contributed by atoms with Gasteiger partial charge in [0.25, 0.3) is 0 Å². The maximum absolute atomic E-state index is 5.26. The van der Waals surface area contributed by atoms with E-state index in [2.05, 4.69) is 253 Å². The predicted octanol–water partition coefficient (Wildman–Crippen LogP) is 17.7. The van der Waals surface area contributed by atoms with Crippen molar-refractivity contribution in [3.63, 3.8) is 0 Å². The summed E-state index contributed by atoms with van der Waals surface area (Å²) in [5.41, 5.74) is 18.2. The van der Waals surface area contributed by atoms with Gasteiger partial charge in [-0.3, -0.25) is 9.97 Å². The number of aromatic nitrogens is 6. The first kappa shape index (κ1) is 44.4. The molecule has 0 aliphatic heterocycles. The van der Waals surface area contributed by atoms with E-state index in [0.717, 1.165) is 133 Å². The second kappa shape index (κ2) is 19.0. The van der Waals surface area contributed by atoms with Gasteiger partial charge in [-0.1, -0.05) is 206 Å². The van der Waals surface area contributed by atoms with E-state index in [0.29, 0.717) is 11.6 Å². The molecule has 0 amide bonds. The van der Waals surface area contributed by atoms with Gasteiger partial charge in [-0.25, -0.2) is 19.9 Å². The fourth-order valence-electron chi connectivity index (χ4n) is 10.4. The third-order valence-electron chi connectivity index (χ3n) is 14.4. The Labute approximate surface area is 439 Å². The molecule has 0 N–H and O–H groups in total. The third-order valence-corrected chi connectivity index (χ3v) is 14.4. The lowest BCUT2D eigenvalue weighted by Gasteiger charge is -2.13. The molecule has 0 spiro atoms. The standard InChI is InChI=1S/C70H44N6/c1-3-15-59-49(9-1)11-5-17-61(59)69-73-65(43-67(75-69)53-31-23-47(24-32-53)55-35-37-63-57(41-55)13-7-39-71-63)51-27-19-45(20-28-51)46-21-29-52(30-22-46)66-44-68(76-70(74-66)62-18-6-12-50-10-2-4-16-60(50)62)54-33-25-48(26-34-54)56-36-38-64-58(42-56)14-8-40-72-64/h1-44H. The van der Waals surface area contributed by atoms with Crippen LogP contribution in [0.2, 0.25) is 0 Å². The van der Waals surface area contributed by atoms with Crippen molar-refractivity contribution in [1.82, 2.24) is 29.9 Å². The van der Waals surface area contributed by atoms with Crippen molar-refractivity contribution in [2.75, 3.05) is 0 Å². The van der Waals surface area contributed by atoms with Gasteiger partial charge in [-0.2, -0.15) is 0 Å². The van der Waals surface area contributed by atoms with Crippen molar-refractivity contribution in [3.05, 3.63) is 267 Å². The molecule has 0 aliphatic rings. The molecule has 0 unspecified atom stereocenters. The molecule has 6 heteroatoms. The van der Waals surface area contributed by atoms with E-state index in [1.807, 2.05) is 24.5 Å². The highest BCUT2D eigenvalue weighted by Gasteiger charge is 2.16. The molecular weight excluding hydrogens is 925 g/mol. The average molecular weight is 969 g/mol. The molecule has 14 rings (SSSR count). The van der Waals surface area contributed by atoms with Gasteiger partial charge >= 0.3 is 0 Å². The molecular formula is C70H44N6. The summed E-state index contributed by atoms with van der Waals surface area (Å²) in [4.78, 5) is 30.0. The number of benzene rings is 10. The zero-order valence-corrected chi connectivity index (χ0v) is 41.1. The third kappa shape index (κ3) is 8.49. The zero-order valence-electron chi connectivity index (χ0n) is 41.1. The highest BCUT2D eigenvalue weighted by atomic mass is 14.9. The summed E-state index contributed by atoms with van der Waals surface area (Å²) in [7, 11) is 0. The Bertz CT molecular complexity index is 4190. The van der Waals surface area contributed by atoms with Crippen LogP contribution in [0, 0.1) is 0 Å². The molecule has 0 bridgehead atoms. The Balaban J connectivity index is 0.792. The van der Waals surface area contributed by atoms with Crippen LogP contribution in [0.3, 0.4) is 0 Å². The smallest absolute Gasteiger partial charge is 0.161 e. The van der Waals surface area contributed by atoms with Crippen LogP contribution in [0.5, 0.6) is 0 Å². The van der Waals surface area contributed by atoms with Crippen molar-refractivity contribution in [1.29, 1.82) is 0 Å². The van der Waals surface area contributed by atoms with E-state index >= 15 is 0 Å². The lowest BCUT2D eigenvalue weighted by Crippen LogP contribution is -1.97. The molecule has 4 aromatic heterocycles. The van der Waals surface area contributed by atoms with Crippen LogP contribution < -0.4 is 0 Å². The largest absolute Gasteiger partial charge is 0.256 e. The van der Waals surface area contributed by atoms with Gasteiger partial charge in [0.1, 0.15) is 0 Å². The summed E-state index contributed by atoms with van der Waals surface area (Å²) in [6.45, 7) is 0. The highest BCUT2D eigenvalue weighted by molar-refractivity contribution is 5.97. The molecule has 0 aliphatic carbocycles. The Morgan fingerprint density at radius 3 is 0.895 bits per heavy atom. The number of fused-ring (bicyclic) bond motifs is 4. The number of nitrogens with zero attached hydrogens (tertiary/aromatic N) is 6. The first-order chi connectivity index (χ1) is 37.6. The number of rotatable bonds is 9. The molecule has 0 radical (unpaired) electrons. The van der Waals surface area contributed by atoms with Crippen LogP contribution in [-0.4, -0.2) is 29.9 Å². The van der Waals surface area contributed by atoms with Crippen LogP contribution in [0.25, 0.3) is 145 Å². The molecule has 0 fully saturated rings. The number of pyridine rings is 2. The van der Waals surface area contributed by atoms with E-state index < -0.39 is 0 Å². The van der Waals surface area contributed by atoms with Gasteiger partial charge in [-0.05, 0) is 103 Å². The van der Waals surface area contributed by atoms with Crippen LogP contribution in [0.1, 0.15) is 0 Å². The molecule has 14 aromatic rings. The minimum atomic E-state index is 0.683. The Morgan fingerprint density at radius 1 is 0.211 bits per heavy atom. The van der Waals surface area contributed by atoms with Crippen LogP contribution in [0.4, 0.5) is 0 Å². The zero-order chi connectivity index (χ0) is 50.4. The minimum absolute atomic E-state index is 0.683. The molecule has 10 aromatic carbocycles. The Morgan fingerprint density at radius 2 is 0.513 bits per heavy atom. The summed E-state index contributed by atoms with van der Waals surface area (Å²) in [5.74, 6) is 1.37. The summed E-state index contributed by atoms with van der Waals surface area (Å²) in [6, 6.07) is 89.4. The van der Waals surface area contributed by atoms with Crippen molar-refractivity contribution >= 4 is 43.4 Å². The van der Waals surface area contributed by atoms with E-state index in [4.69, 9.17) is 19.9 Å². The van der Waals surface area contributed by atoms with Gasteiger partial charge in [0, 0.05) is 56.5 Å².